The summed E-state index contributed by atoms with van der Waals surface area (Å²) in [5, 5.41) is 6.67. The molecule has 1 aliphatic carbocycles. The number of para-hydroxylation sites is 2. The highest BCUT2D eigenvalue weighted by atomic mass is 32.1. The summed E-state index contributed by atoms with van der Waals surface area (Å²) in [6.07, 6.45) is 5.71. The smallest absolute Gasteiger partial charge is 0.165 e. The molecule has 0 radical (unpaired) electrons. The standard InChI is InChI=1S/C45H27N3O2S/c1-2-11-26(12-3-1)43-46-44(32-16-10-19-36-40(32)30-14-4-7-17-34(30)49-36)48-45(47-43)42-28(22-23-37-41(42)31-15-5-8-18-35(31)50-37)27-21-24-39-33(25-27)29-13-6-9-20-38(29)51-39/h1-20,22-25,27H,21H2. The van der Waals surface area contributed by atoms with Gasteiger partial charge in [-0.3, -0.25) is 0 Å². The van der Waals surface area contributed by atoms with Crippen molar-refractivity contribution in [3.05, 3.63) is 149 Å². The van der Waals surface area contributed by atoms with E-state index in [2.05, 4.69) is 84.9 Å². The second-order valence-corrected chi connectivity index (χ2v) is 14.1. The number of aromatic nitrogens is 3. The molecule has 1 aliphatic rings. The van der Waals surface area contributed by atoms with Gasteiger partial charge in [-0.05, 0) is 52.9 Å². The van der Waals surface area contributed by atoms with Crippen LogP contribution in [0.2, 0.25) is 0 Å². The number of nitrogens with zero attached hydrogens (tertiary/aromatic N) is 3. The van der Waals surface area contributed by atoms with Crippen LogP contribution in [0.25, 0.3) is 100 Å². The summed E-state index contributed by atoms with van der Waals surface area (Å²) in [4.78, 5) is 15.8. The van der Waals surface area contributed by atoms with Crippen molar-refractivity contribution >= 4 is 77.5 Å². The first-order valence-electron chi connectivity index (χ1n) is 17.1. The van der Waals surface area contributed by atoms with Gasteiger partial charge in [0.05, 0.1) is 0 Å². The first kappa shape index (κ1) is 28.5. The quantitative estimate of drug-likeness (QED) is 0.186. The molecule has 0 bridgehead atoms. The van der Waals surface area contributed by atoms with Gasteiger partial charge < -0.3 is 8.83 Å². The highest BCUT2D eigenvalue weighted by molar-refractivity contribution is 7.17. The zero-order chi connectivity index (χ0) is 33.5. The highest BCUT2D eigenvalue weighted by Gasteiger charge is 2.26. The number of furan rings is 2. The van der Waals surface area contributed by atoms with E-state index < -0.39 is 0 Å². The highest BCUT2D eigenvalue weighted by Crippen LogP contribution is 2.43. The van der Waals surface area contributed by atoms with E-state index in [4.69, 9.17) is 23.8 Å². The molecule has 0 spiro atoms. The van der Waals surface area contributed by atoms with Gasteiger partial charge in [-0.15, -0.1) is 11.3 Å². The Morgan fingerprint density at radius 2 is 1.18 bits per heavy atom. The van der Waals surface area contributed by atoms with E-state index in [0.717, 1.165) is 72.6 Å². The van der Waals surface area contributed by atoms with Crippen LogP contribution in [0.3, 0.4) is 0 Å². The Kier molecular flexibility index (Phi) is 6.18. The molecule has 4 aromatic heterocycles. The topological polar surface area (TPSA) is 65.0 Å². The first-order chi connectivity index (χ1) is 25.3. The molecule has 6 heteroatoms. The van der Waals surface area contributed by atoms with Gasteiger partial charge in [-0.2, -0.15) is 0 Å². The lowest BCUT2D eigenvalue weighted by molar-refractivity contribution is 0.668. The number of fused-ring (bicyclic) bond motifs is 9. The van der Waals surface area contributed by atoms with Crippen molar-refractivity contribution in [1.82, 2.24) is 15.0 Å². The predicted octanol–water partition coefficient (Wildman–Crippen LogP) is 10.6. The Balaban J connectivity index is 1.23. The van der Waals surface area contributed by atoms with Gasteiger partial charge in [0.1, 0.15) is 22.3 Å². The van der Waals surface area contributed by atoms with Gasteiger partial charge in [-0.1, -0.05) is 115 Å². The Labute approximate surface area is 295 Å². The molecule has 1 unspecified atom stereocenters. The Morgan fingerprint density at radius 1 is 0.529 bits per heavy atom. The molecule has 0 saturated heterocycles. The Bertz CT molecular complexity index is 3140. The lowest BCUT2D eigenvalue weighted by Crippen LogP contribution is -2.24. The summed E-state index contributed by atoms with van der Waals surface area (Å²) in [6.45, 7) is 0. The molecular weight excluding hydrogens is 647 g/mol. The average molecular weight is 674 g/mol. The second-order valence-electron chi connectivity index (χ2n) is 13.0. The summed E-state index contributed by atoms with van der Waals surface area (Å²) in [5.41, 5.74) is 7.23. The van der Waals surface area contributed by atoms with Crippen molar-refractivity contribution in [1.29, 1.82) is 0 Å². The minimum Gasteiger partial charge on any atom is -0.456 e. The molecule has 6 aromatic carbocycles. The van der Waals surface area contributed by atoms with E-state index >= 15 is 0 Å². The van der Waals surface area contributed by atoms with Crippen molar-refractivity contribution in [2.75, 3.05) is 0 Å². The van der Waals surface area contributed by atoms with Crippen LogP contribution in [0.5, 0.6) is 0 Å². The van der Waals surface area contributed by atoms with Crippen molar-refractivity contribution < 1.29 is 8.83 Å². The van der Waals surface area contributed by atoms with E-state index in [9.17, 15) is 0 Å². The van der Waals surface area contributed by atoms with E-state index in [1.54, 1.807) is 0 Å². The average Bonchev–Trinajstić information content (AvgIpc) is 3.88. The fourth-order valence-corrected chi connectivity index (χ4v) is 8.93. The third-order valence-corrected chi connectivity index (χ3v) is 11.3. The maximum Gasteiger partial charge on any atom is 0.165 e. The molecule has 0 fully saturated rings. The van der Waals surface area contributed by atoms with Crippen LogP contribution < -0.4 is 9.75 Å². The molecule has 11 rings (SSSR count). The monoisotopic (exact) mass is 673 g/mol. The zero-order valence-electron chi connectivity index (χ0n) is 27.2. The van der Waals surface area contributed by atoms with Crippen molar-refractivity contribution in [3.8, 4) is 34.2 Å². The van der Waals surface area contributed by atoms with Crippen LogP contribution in [-0.2, 0) is 0 Å². The summed E-state index contributed by atoms with van der Waals surface area (Å²) < 4.78 is 15.4. The largest absolute Gasteiger partial charge is 0.456 e. The summed E-state index contributed by atoms with van der Waals surface area (Å²) >= 11 is 1.86. The number of rotatable bonds is 4. The molecule has 51 heavy (non-hydrogen) atoms. The minimum absolute atomic E-state index is 0.102. The Hall–Kier alpha value is -6.37. The van der Waals surface area contributed by atoms with Gasteiger partial charge in [0.15, 0.2) is 17.5 Å². The van der Waals surface area contributed by atoms with Gasteiger partial charge in [0, 0.05) is 53.4 Å². The number of thiophene rings is 1. The predicted molar refractivity (Wildman–Crippen MR) is 208 cm³/mol. The van der Waals surface area contributed by atoms with E-state index in [1.807, 2.05) is 72.0 Å². The molecule has 0 N–H and O–H groups in total. The van der Waals surface area contributed by atoms with E-state index in [1.165, 1.54) is 19.8 Å². The van der Waals surface area contributed by atoms with Crippen LogP contribution in [0, 0.1) is 0 Å². The molecule has 0 aliphatic heterocycles. The van der Waals surface area contributed by atoms with Crippen molar-refractivity contribution in [2.45, 2.75) is 12.3 Å². The normalized spacial score (nSPS) is 14.3. The number of benzene rings is 6. The van der Waals surface area contributed by atoms with Gasteiger partial charge in [-0.25, -0.2) is 15.0 Å². The van der Waals surface area contributed by atoms with Crippen LogP contribution >= 0.6 is 11.3 Å². The van der Waals surface area contributed by atoms with Crippen molar-refractivity contribution in [2.24, 2.45) is 0 Å². The van der Waals surface area contributed by atoms with Crippen LogP contribution in [0.4, 0.5) is 0 Å². The molecule has 240 valence electrons. The molecule has 0 saturated carbocycles. The molecule has 1 atom stereocenters. The SMILES string of the molecule is C1=c2sc3ccccc3c2=CC(c2ccc3oc4ccccc4c3c2-c2nc(-c3ccccc3)nc(-c3cccc4oc5ccccc5c34)n2)C1. The third-order valence-electron chi connectivity index (χ3n) is 10.1. The van der Waals surface area contributed by atoms with Crippen molar-refractivity contribution in [3.63, 3.8) is 0 Å². The minimum atomic E-state index is 0.102. The summed E-state index contributed by atoms with van der Waals surface area (Å²) in [6, 6.07) is 45.7. The first-order valence-corrected chi connectivity index (χ1v) is 17.9. The van der Waals surface area contributed by atoms with Gasteiger partial charge >= 0.3 is 0 Å². The van der Waals surface area contributed by atoms with Gasteiger partial charge in [0.2, 0.25) is 0 Å². The molecule has 10 aromatic rings. The number of hydrogen-bond acceptors (Lipinski definition) is 6. The molecule has 0 amide bonds. The summed E-state index contributed by atoms with van der Waals surface area (Å²) in [5.74, 6) is 1.92. The molecular formula is C45H27N3O2S. The second kappa shape index (κ2) is 11.1. The van der Waals surface area contributed by atoms with Crippen LogP contribution in [0.1, 0.15) is 17.9 Å². The molecule has 4 heterocycles. The Morgan fingerprint density at radius 3 is 2.00 bits per heavy atom. The fourth-order valence-electron chi connectivity index (χ4n) is 7.80. The van der Waals surface area contributed by atoms with Crippen LogP contribution in [-0.4, -0.2) is 15.0 Å². The maximum atomic E-state index is 6.48. The lowest BCUT2D eigenvalue weighted by atomic mass is 9.86. The fraction of sp³-hybridized carbons (Fsp3) is 0.0444. The zero-order valence-corrected chi connectivity index (χ0v) is 28.0. The van der Waals surface area contributed by atoms with E-state index in [0.29, 0.717) is 17.5 Å². The van der Waals surface area contributed by atoms with Gasteiger partial charge in [0.25, 0.3) is 0 Å². The maximum absolute atomic E-state index is 6.48. The summed E-state index contributed by atoms with van der Waals surface area (Å²) in [7, 11) is 0. The van der Waals surface area contributed by atoms with Crippen LogP contribution in [0.15, 0.2) is 142 Å². The lowest BCUT2D eigenvalue weighted by Gasteiger charge is -2.19. The van der Waals surface area contributed by atoms with E-state index in [-0.39, 0.29) is 5.92 Å². The molecule has 5 nitrogen and oxygen atoms in total. The third kappa shape index (κ3) is 4.43. The number of hydrogen-bond donors (Lipinski definition) is 0.